The Morgan fingerprint density at radius 1 is 0.853 bits per heavy atom. The van der Waals surface area contributed by atoms with Crippen molar-refractivity contribution in [3.05, 3.63) is 102 Å². The second-order valence-corrected chi connectivity index (χ2v) is 9.37. The molecule has 0 aliphatic carbocycles. The summed E-state index contributed by atoms with van der Waals surface area (Å²) < 4.78 is 3.38. The molecule has 0 atom stereocenters. The van der Waals surface area contributed by atoms with Gasteiger partial charge in [-0.1, -0.05) is 48.5 Å². The Morgan fingerprint density at radius 2 is 1.68 bits per heavy atom. The smallest absolute Gasteiger partial charge is 0.253 e. The van der Waals surface area contributed by atoms with Gasteiger partial charge < -0.3 is 9.62 Å². The molecule has 34 heavy (non-hydrogen) atoms. The van der Waals surface area contributed by atoms with E-state index in [1.165, 1.54) is 17.5 Å². The fraction of sp³-hybridized carbons (Fsp3) is 0.214. The zero-order valence-corrected chi connectivity index (χ0v) is 19.9. The normalized spacial score (nSPS) is 14.6. The van der Waals surface area contributed by atoms with Gasteiger partial charge in [-0.05, 0) is 60.3 Å². The summed E-state index contributed by atoms with van der Waals surface area (Å²) in [5, 5.41) is 1.12. The van der Waals surface area contributed by atoms with E-state index >= 15 is 0 Å². The number of hydrogen-bond acceptors (Lipinski definition) is 5. The highest BCUT2D eigenvalue weighted by molar-refractivity contribution is 8.00. The van der Waals surface area contributed by atoms with Crippen molar-refractivity contribution in [2.75, 3.05) is 30.9 Å². The third kappa shape index (κ3) is 5.41. The van der Waals surface area contributed by atoms with Crippen LogP contribution in [0.3, 0.4) is 0 Å². The SMILES string of the molecule is O=C(c1ccc(NSc2cccc3cccnc23)cc1)N1CCCN(Cc2ccccc2)CC1. The predicted molar refractivity (Wildman–Crippen MR) is 140 cm³/mol. The number of aromatic nitrogens is 1. The lowest BCUT2D eigenvalue weighted by molar-refractivity contribution is 0.0761. The molecule has 4 aromatic rings. The van der Waals surface area contributed by atoms with Crippen LogP contribution < -0.4 is 4.72 Å². The van der Waals surface area contributed by atoms with Crippen molar-refractivity contribution >= 4 is 34.4 Å². The van der Waals surface area contributed by atoms with Crippen molar-refractivity contribution in [1.82, 2.24) is 14.8 Å². The number of nitrogens with zero attached hydrogens (tertiary/aromatic N) is 3. The summed E-state index contributed by atoms with van der Waals surface area (Å²) in [5.41, 5.74) is 4.00. The number of rotatable bonds is 6. The molecule has 1 fully saturated rings. The summed E-state index contributed by atoms with van der Waals surface area (Å²) in [6.07, 6.45) is 2.81. The van der Waals surface area contributed by atoms with Crippen molar-refractivity contribution < 1.29 is 4.79 Å². The van der Waals surface area contributed by atoms with E-state index in [2.05, 4.69) is 57.1 Å². The van der Waals surface area contributed by atoms with Crippen LogP contribution in [-0.4, -0.2) is 46.9 Å². The van der Waals surface area contributed by atoms with E-state index in [0.717, 1.165) is 66.2 Å². The maximum absolute atomic E-state index is 13.1. The number of hydrogen-bond donors (Lipinski definition) is 1. The van der Waals surface area contributed by atoms with Gasteiger partial charge >= 0.3 is 0 Å². The molecular weight excluding hydrogens is 440 g/mol. The highest BCUT2D eigenvalue weighted by Crippen LogP contribution is 2.27. The fourth-order valence-corrected chi connectivity index (χ4v) is 5.09. The Kier molecular flexibility index (Phi) is 7.08. The van der Waals surface area contributed by atoms with Gasteiger partial charge in [0.25, 0.3) is 5.91 Å². The lowest BCUT2D eigenvalue weighted by atomic mass is 10.2. The number of amides is 1. The molecule has 5 rings (SSSR count). The lowest BCUT2D eigenvalue weighted by Crippen LogP contribution is -2.35. The van der Waals surface area contributed by atoms with Gasteiger partial charge in [-0.2, -0.15) is 0 Å². The van der Waals surface area contributed by atoms with Crippen LogP contribution in [0.5, 0.6) is 0 Å². The Bertz CT molecular complexity index is 1240. The number of nitrogens with one attached hydrogen (secondary N) is 1. The molecule has 1 aromatic heterocycles. The Labute approximate surface area is 204 Å². The second-order valence-electron chi connectivity index (χ2n) is 8.52. The van der Waals surface area contributed by atoms with Crippen LogP contribution in [0.4, 0.5) is 5.69 Å². The number of pyridine rings is 1. The first-order chi connectivity index (χ1) is 16.8. The third-order valence-electron chi connectivity index (χ3n) is 6.13. The zero-order valence-electron chi connectivity index (χ0n) is 19.1. The minimum absolute atomic E-state index is 0.110. The first-order valence-electron chi connectivity index (χ1n) is 11.7. The van der Waals surface area contributed by atoms with E-state index in [-0.39, 0.29) is 5.91 Å². The number of fused-ring (bicyclic) bond motifs is 1. The summed E-state index contributed by atoms with van der Waals surface area (Å²) in [7, 11) is 0. The van der Waals surface area contributed by atoms with Crippen LogP contribution in [0, 0.1) is 0 Å². The highest BCUT2D eigenvalue weighted by atomic mass is 32.2. The van der Waals surface area contributed by atoms with Crippen molar-refractivity contribution in [2.45, 2.75) is 17.9 Å². The molecule has 6 heteroatoms. The van der Waals surface area contributed by atoms with Crippen molar-refractivity contribution in [2.24, 2.45) is 0 Å². The van der Waals surface area contributed by atoms with Crippen molar-refractivity contribution in [3.8, 4) is 0 Å². The minimum Gasteiger partial charge on any atom is -0.337 e. The summed E-state index contributed by atoms with van der Waals surface area (Å²) in [6.45, 7) is 4.41. The molecule has 1 N–H and O–H groups in total. The average molecular weight is 469 g/mol. The van der Waals surface area contributed by atoms with E-state index in [4.69, 9.17) is 0 Å². The minimum atomic E-state index is 0.110. The van der Waals surface area contributed by atoms with Crippen LogP contribution in [0.25, 0.3) is 10.9 Å². The summed E-state index contributed by atoms with van der Waals surface area (Å²) >= 11 is 1.54. The van der Waals surface area contributed by atoms with Gasteiger partial charge in [-0.3, -0.25) is 14.7 Å². The molecule has 0 spiro atoms. The molecule has 1 saturated heterocycles. The Hall–Kier alpha value is -3.35. The zero-order chi connectivity index (χ0) is 23.2. The van der Waals surface area contributed by atoms with Crippen LogP contribution >= 0.6 is 11.9 Å². The lowest BCUT2D eigenvalue weighted by Gasteiger charge is -2.22. The maximum atomic E-state index is 13.1. The predicted octanol–water partition coefficient (Wildman–Crippen LogP) is 5.70. The van der Waals surface area contributed by atoms with Crippen LogP contribution in [0.15, 0.2) is 96.0 Å². The monoisotopic (exact) mass is 468 g/mol. The highest BCUT2D eigenvalue weighted by Gasteiger charge is 2.20. The average Bonchev–Trinajstić information content (AvgIpc) is 3.13. The number of carbonyl (C=O) groups is 1. The molecule has 1 amide bonds. The number of para-hydroxylation sites is 1. The first kappa shape index (κ1) is 22.4. The van der Waals surface area contributed by atoms with Gasteiger partial charge in [0.2, 0.25) is 0 Å². The van der Waals surface area contributed by atoms with Crippen LogP contribution in [-0.2, 0) is 6.54 Å². The molecule has 2 heterocycles. The Morgan fingerprint density at radius 3 is 2.53 bits per heavy atom. The molecule has 172 valence electrons. The van der Waals surface area contributed by atoms with Crippen LogP contribution in [0.1, 0.15) is 22.3 Å². The second kappa shape index (κ2) is 10.7. The molecule has 5 nitrogen and oxygen atoms in total. The third-order valence-corrected chi connectivity index (χ3v) is 7.02. The van der Waals surface area contributed by atoms with Gasteiger partial charge in [-0.15, -0.1) is 0 Å². The molecular formula is C28H28N4OS. The van der Waals surface area contributed by atoms with Crippen molar-refractivity contribution in [3.63, 3.8) is 0 Å². The van der Waals surface area contributed by atoms with Gasteiger partial charge in [0, 0.05) is 55.6 Å². The largest absolute Gasteiger partial charge is 0.337 e. The molecule has 1 aliphatic rings. The summed E-state index contributed by atoms with van der Waals surface area (Å²) in [4.78, 5) is 23.1. The number of benzene rings is 3. The standard InChI is InChI=1S/C28H28N4OS/c33-28(32-18-6-17-31(19-20-32)21-22-7-2-1-3-8-22)24-12-14-25(15-13-24)30-34-26-11-4-9-23-10-5-16-29-27(23)26/h1-5,7-16,30H,6,17-21H2. The van der Waals surface area contributed by atoms with Crippen molar-refractivity contribution in [1.29, 1.82) is 0 Å². The first-order valence-corrected chi connectivity index (χ1v) is 12.5. The number of carbonyl (C=O) groups excluding carboxylic acids is 1. The quantitative estimate of drug-likeness (QED) is 0.368. The topological polar surface area (TPSA) is 48.5 Å². The summed E-state index contributed by atoms with van der Waals surface area (Å²) in [5.74, 6) is 0.110. The maximum Gasteiger partial charge on any atom is 0.253 e. The fourth-order valence-electron chi connectivity index (χ4n) is 4.31. The van der Waals surface area contributed by atoms with Gasteiger partial charge in [0.05, 0.1) is 10.4 Å². The van der Waals surface area contributed by atoms with E-state index in [1.807, 2.05) is 53.6 Å². The molecule has 0 radical (unpaired) electrons. The molecule has 1 aliphatic heterocycles. The number of anilines is 1. The van der Waals surface area contributed by atoms with Gasteiger partial charge in [-0.25, -0.2) is 0 Å². The van der Waals surface area contributed by atoms with E-state index in [9.17, 15) is 4.79 Å². The van der Waals surface area contributed by atoms with E-state index in [1.54, 1.807) is 0 Å². The summed E-state index contributed by atoms with van der Waals surface area (Å²) in [6, 6.07) is 28.5. The van der Waals surface area contributed by atoms with Crippen LogP contribution in [0.2, 0.25) is 0 Å². The molecule has 0 bridgehead atoms. The van der Waals surface area contributed by atoms with E-state index in [0.29, 0.717) is 0 Å². The molecule has 0 saturated carbocycles. The van der Waals surface area contributed by atoms with Gasteiger partial charge in [0.15, 0.2) is 0 Å². The molecule has 0 unspecified atom stereocenters. The molecule has 3 aromatic carbocycles. The Balaban J connectivity index is 1.17. The van der Waals surface area contributed by atoms with Gasteiger partial charge in [0.1, 0.15) is 0 Å². The van der Waals surface area contributed by atoms with E-state index < -0.39 is 0 Å².